The maximum Gasteiger partial charge on any atom is 0.254 e. The third-order valence-electron chi connectivity index (χ3n) is 4.28. The van der Waals surface area contributed by atoms with Crippen LogP contribution in [0.2, 0.25) is 0 Å². The van der Waals surface area contributed by atoms with Crippen molar-refractivity contribution in [1.29, 1.82) is 0 Å². The van der Waals surface area contributed by atoms with Crippen LogP contribution in [0.4, 0.5) is 5.95 Å². The van der Waals surface area contributed by atoms with Crippen molar-refractivity contribution < 1.29 is 14.7 Å². The molecule has 0 spiro atoms. The molecule has 138 valence electrons. The van der Waals surface area contributed by atoms with Gasteiger partial charge in [0.25, 0.3) is 5.91 Å². The van der Waals surface area contributed by atoms with E-state index in [4.69, 9.17) is 9.94 Å². The third kappa shape index (κ3) is 4.09. The van der Waals surface area contributed by atoms with Crippen LogP contribution in [0.1, 0.15) is 22.8 Å². The smallest absolute Gasteiger partial charge is 0.254 e. The highest BCUT2D eigenvalue weighted by molar-refractivity contribution is 5.95. The summed E-state index contributed by atoms with van der Waals surface area (Å²) < 4.78 is 5.42. The maximum atomic E-state index is 12.8. The van der Waals surface area contributed by atoms with Crippen molar-refractivity contribution in [3.63, 3.8) is 0 Å². The van der Waals surface area contributed by atoms with Gasteiger partial charge >= 0.3 is 0 Å². The predicted octanol–water partition coefficient (Wildman–Crippen LogP) is 1.32. The van der Waals surface area contributed by atoms with Crippen LogP contribution in [0.25, 0.3) is 0 Å². The monoisotopic (exact) mass is 357 g/mol. The first-order chi connectivity index (χ1) is 12.7. The number of anilines is 1. The van der Waals surface area contributed by atoms with E-state index >= 15 is 0 Å². The summed E-state index contributed by atoms with van der Waals surface area (Å²) in [6.45, 7) is 5.18. The minimum absolute atomic E-state index is 0.0283. The number of carbonyl (C=O) groups excluding carboxylic acids is 1. The lowest BCUT2D eigenvalue weighted by atomic mass is 10.1. The molecular formula is C18H23N5O3. The van der Waals surface area contributed by atoms with Crippen LogP contribution in [-0.4, -0.2) is 58.8 Å². The number of hydrogen-bond acceptors (Lipinski definition) is 7. The van der Waals surface area contributed by atoms with Crippen LogP contribution >= 0.6 is 0 Å². The van der Waals surface area contributed by atoms with Gasteiger partial charge in [0.1, 0.15) is 0 Å². The second-order valence-electron chi connectivity index (χ2n) is 5.90. The number of carbonyl (C=O) groups is 1. The molecule has 3 rings (SSSR count). The van der Waals surface area contributed by atoms with Gasteiger partial charge in [0.2, 0.25) is 11.8 Å². The van der Waals surface area contributed by atoms with Gasteiger partial charge in [-0.25, -0.2) is 10.5 Å². The first-order valence-corrected chi connectivity index (χ1v) is 8.68. The average molecular weight is 357 g/mol. The maximum absolute atomic E-state index is 12.8. The number of hydroxylamine groups is 1. The van der Waals surface area contributed by atoms with Gasteiger partial charge in [-0.05, 0) is 18.6 Å². The molecule has 1 fully saturated rings. The zero-order valence-corrected chi connectivity index (χ0v) is 14.8. The van der Waals surface area contributed by atoms with E-state index in [1.165, 1.54) is 0 Å². The van der Waals surface area contributed by atoms with Crippen molar-refractivity contribution in [1.82, 2.24) is 20.3 Å². The molecule has 1 aromatic carbocycles. The second kappa shape index (κ2) is 8.59. The van der Waals surface area contributed by atoms with Crippen molar-refractivity contribution in [3.8, 4) is 5.88 Å². The number of aromatic nitrogens is 2. The van der Waals surface area contributed by atoms with Gasteiger partial charge in [0, 0.05) is 50.6 Å². The van der Waals surface area contributed by atoms with Gasteiger partial charge in [-0.2, -0.15) is 4.98 Å². The number of amides is 1. The van der Waals surface area contributed by atoms with E-state index in [-0.39, 0.29) is 12.5 Å². The number of benzene rings is 1. The molecule has 1 saturated heterocycles. The normalized spacial score (nSPS) is 14.4. The zero-order chi connectivity index (χ0) is 18.4. The predicted molar refractivity (Wildman–Crippen MR) is 96.4 cm³/mol. The lowest BCUT2D eigenvalue weighted by molar-refractivity contribution is 0.0743. The van der Waals surface area contributed by atoms with Gasteiger partial charge < -0.3 is 19.7 Å². The fourth-order valence-corrected chi connectivity index (χ4v) is 2.96. The van der Waals surface area contributed by atoms with Crippen molar-refractivity contribution in [2.75, 3.05) is 37.7 Å². The minimum Gasteiger partial charge on any atom is -0.478 e. The SMILES string of the molecule is CCOc1ccnc(N2CCN(C(=O)c3ccccc3CNO)CC2)n1. The number of piperazine rings is 1. The molecule has 0 bridgehead atoms. The van der Waals surface area contributed by atoms with Gasteiger partial charge in [-0.15, -0.1) is 0 Å². The molecule has 0 saturated carbocycles. The average Bonchev–Trinajstić information content (AvgIpc) is 2.69. The largest absolute Gasteiger partial charge is 0.478 e. The fourth-order valence-electron chi connectivity index (χ4n) is 2.96. The minimum atomic E-state index is -0.0283. The van der Waals surface area contributed by atoms with E-state index < -0.39 is 0 Å². The van der Waals surface area contributed by atoms with E-state index in [2.05, 4.69) is 15.4 Å². The fraction of sp³-hybridized carbons (Fsp3) is 0.389. The summed E-state index contributed by atoms with van der Waals surface area (Å²) in [5.74, 6) is 1.15. The molecule has 2 aromatic rings. The second-order valence-corrected chi connectivity index (χ2v) is 5.90. The number of rotatable bonds is 6. The number of nitrogens with zero attached hydrogens (tertiary/aromatic N) is 4. The number of ether oxygens (including phenoxy) is 1. The molecule has 2 heterocycles. The summed E-state index contributed by atoms with van der Waals surface area (Å²) in [4.78, 5) is 25.4. The molecular weight excluding hydrogens is 334 g/mol. The Kier molecular flexibility index (Phi) is 5.98. The summed E-state index contributed by atoms with van der Waals surface area (Å²) in [5.41, 5.74) is 3.50. The Hall–Kier alpha value is -2.71. The first kappa shape index (κ1) is 18.1. The summed E-state index contributed by atoms with van der Waals surface area (Å²) in [6, 6.07) is 9.04. The molecule has 0 atom stereocenters. The third-order valence-corrected chi connectivity index (χ3v) is 4.28. The van der Waals surface area contributed by atoms with Crippen molar-refractivity contribution >= 4 is 11.9 Å². The first-order valence-electron chi connectivity index (χ1n) is 8.68. The highest BCUT2D eigenvalue weighted by atomic mass is 16.5. The quantitative estimate of drug-likeness (QED) is 0.754. The Balaban J connectivity index is 1.65. The molecule has 0 aliphatic carbocycles. The van der Waals surface area contributed by atoms with Crippen LogP contribution in [0.3, 0.4) is 0 Å². The van der Waals surface area contributed by atoms with Gasteiger partial charge in [0.15, 0.2) is 0 Å². The van der Waals surface area contributed by atoms with E-state index in [9.17, 15) is 4.79 Å². The van der Waals surface area contributed by atoms with Gasteiger partial charge in [-0.1, -0.05) is 18.2 Å². The molecule has 1 aromatic heterocycles. The van der Waals surface area contributed by atoms with Crippen LogP contribution in [0.5, 0.6) is 5.88 Å². The van der Waals surface area contributed by atoms with Crippen molar-refractivity contribution in [2.24, 2.45) is 0 Å². The van der Waals surface area contributed by atoms with Crippen LogP contribution in [0.15, 0.2) is 36.5 Å². The Morgan fingerprint density at radius 2 is 2.00 bits per heavy atom. The van der Waals surface area contributed by atoms with E-state index in [0.717, 1.165) is 5.56 Å². The van der Waals surface area contributed by atoms with Crippen molar-refractivity contribution in [3.05, 3.63) is 47.7 Å². The van der Waals surface area contributed by atoms with E-state index in [1.807, 2.05) is 34.9 Å². The van der Waals surface area contributed by atoms with Crippen LogP contribution < -0.4 is 15.1 Å². The highest BCUT2D eigenvalue weighted by Crippen LogP contribution is 2.17. The lowest BCUT2D eigenvalue weighted by Gasteiger charge is -2.35. The molecule has 1 aliphatic heterocycles. The Morgan fingerprint density at radius 1 is 1.23 bits per heavy atom. The summed E-state index contributed by atoms with van der Waals surface area (Å²) in [7, 11) is 0. The molecule has 0 unspecified atom stereocenters. The standard InChI is InChI=1S/C18H23N5O3/c1-2-26-16-7-8-19-18(21-16)23-11-9-22(10-12-23)17(24)15-6-4-3-5-14(15)13-20-25/h3-8,20,25H,2,9-13H2,1H3. The molecule has 8 heteroatoms. The Bertz CT molecular complexity index is 747. The van der Waals surface area contributed by atoms with E-state index in [0.29, 0.717) is 50.2 Å². The Labute approximate surface area is 152 Å². The molecule has 8 nitrogen and oxygen atoms in total. The van der Waals surface area contributed by atoms with Gasteiger partial charge in [0.05, 0.1) is 6.61 Å². The lowest BCUT2D eigenvalue weighted by Crippen LogP contribution is -2.49. The van der Waals surface area contributed by atoms with E-state index in [1.54, 1.807) is 18.3 Å². The number of hydrogen-bond donors (Lipinski definition) is 2. The number of nitrogens with one attached hydrogen (secondary N) is 1. The zero-order valence-electron chi connectivity index (χ0n) is 14.8. The van der Waals surface area contributed by atoms with Crippen LogP contribution in [0, 0.1) is 0 Å². The summed E-state index contributed by atoms with van der Waals surface area (Å²) >= 11 is 0. The summed E-state index contributed by atoms with van der Waals surface area (Å²) in [5, 5.41) is 8.95. The topological polar surface area (TPSA) is 90.8 Å². The van der Waals surface area contributed by atoms with Gasteiger partial charge in [-0.3, -0.25) is 4.79 Å². The molecule has 2 N–H and O–H groups in total. The van der Waals surface area contributed by atoms with Crippen LogP contribution in [-0.2, 0) is 6.54 Å². The van der Waals surface area contributed by atoms with Crippen molar-refractivity contribution in [2.45, 2.75) is 13.5 Å². The highest BCUT2D eigenvalue weighted by Gasteiger charge is 2.24. The molecule has 1 aliphatic rings. The summed E-state index contributed by atoms with van der Waals surface area (Å²) in [6.07, 6.45) is 1.68. The Morgan fingerprint density at radius 3 is 2.73 bits per heavy atom. The molecule has 1 amide bonds. The molecule has 0 radical (unpaired) electrons. The molecule has 26 heavy (non-hydrogen) atoms.